The predicted octanol–water partition coefficient (Wildman–Crippen LogP) is 3.77. The lowest BCUT2D eigenvalue weighted by molar-refractivity contribution is -0.0377. The van der Waals surface area contributed by atoms with Crippen LogP contribution in [0.15, 0.2) is 16.5 Å². The first-order valence-electron chi connectivity index (χ1n) is 7.30. The Morgan fingerprint density at radius 2 is 1.72 bits per heavy atom. The summed E-state index contributed by atoms with van der Waals surface area (Å²) < 4.78 is 5.58. The van der Waals surface area contributed by atoms with Crippen molar-refractivity contribution in [3.8, 4) is 6.07 Å². The van der Waals surface area contributed by atoms with E-state index < -0.39 is 0 Å². The third kappa shape index (κ3) is 1.61. The van der Waals surface area contributed by atoms with Crippen LogP contribution >= 0.6 is 0 Å². The average molecular weight is 241 g/mol. The maximum Gasteiger partial charge on any atom is 0.203 e. The Balaban J connectivity index is 1.53. The van der Waals surface area contributed by atoms with E-state index in [0.717, 1.165) is 41.8 Å². The van der Waals surface area contributed by atoms with Crippen molar-refractivity contribution >= 4 is 0 Å². The molecule has 4 bridgehead atoms. The van der Waals surface area contributed by atoms with Crippen molar-refractivity contribution in [1.29, 1.82) is 5.26 Å². The molecule has 5 rings (SSSR count). The van der Waals surface area contributed by atoms with E-state index in [1.54, 1.807) is 0 Å². The number of nitrogens with zero attached hydrogens (tertiary/aromatic N) is 1. The van der Waals surface area contributed by atoms with Gasteiger partial charge in [0, 0.05) is 6.42 Å². The molecule has 0 N–H and O–H groups in total. The maximum atomic E-state index is 8.81. The van der Waals surface area contributed by atoms with Gasteiger partial charge >= 0.3 is 0 Å². The molecule has 1 aromatic heterocycles. The average Bonchev–Trinajstić information content (AvgIpc) is 2.80. The lowest BCUT2D eigenvalue weighted by atomic mass is 9.51. The fourth-order valence-electron chi connectivity index (χ4n) is 5.15. The molecule has 4 aliphatic rings. The minimum absolute atomic E-state index is 0.466. The van der Waals surface area contributed by atoms with E-state index in [1.165, 1.54) is 32.1 Å². The van der Waals surface area contributed by atoms with E-state index in [1.807, 2.05) is 12.1 Å². The highest BCUT2D eigenvalue weighted by Gasteiger charge is 2.48. The van der Waals surface area contributed by atoms with Crippen molar-refractivity contribution in [3.05, 3.63) is 23.7 Å². The zero-order valence-corrected chi connectivity index (χ0v) is 10.6. The summed E-state index contributed by atoms with van der Waals surface area (Å²) in [5.74, 6) is 6.28. The van der Waals surface area contributed by atoms with Crippen LogP contribution in [0.4, 0.5) is 0 Å². The van der Waals surface area contributed by atoms with Crippen molar-refractivity contribution in [1.82, 2.24) is 0 Å². The van der Waals surface area contributed by atoms with Crippen molar-refractivity contribution in [2.75, 3.05) is 0 Å². The highest BCUT2D eigenvalue weighted by Crippen LogP contribution is 2.57. The summed E-state index contributed by atoms with van der Waals surface area (Å²) in [6.45, 7) is 0. The van der Waals surface area contributed by atoms with E-state index in [9.17, 15) is 0 Å². The normalized spacial score (nSPS) is 40.9. The van der Waals surface area contributed by atoms with Crippen LogP contribution in [0.1, 0.15) is 43.6 Å². The molecule has 2 nitrogen and oxygen atoms in total. The van der Waals surface area contributed by atoms with E-state index in [2.05, 4.69) is 6.07 Å². The first-order valence-corrected chi connectivity index (χ1v) is 7.30. The molecule has 0 saturated heterocycles. The molecule has 0 radical (unpaired) electrons. The number of hydrogen-bond donors (Lipinski definition) is 0. The summed E-state index contributed by atoms with van der Waals surface area (Å²) in [4.78, 5) is 0. The molecule has 94 valence electrons. The zero-order chi connectivity index (χ0) is 12.1. The zero-order valence-electron chi connectivity index (χ0n) is 10.6. The number of furan rings is 1. The van der Waals surface area contributed by atoms with Gasteiger partial charge in [0.15, 0.2) is 0 Å². The predicted molar refractivity (Wildman–Crippen MR) is 67.7 cm³/mol. The van der Waals surface area contributed by atoms with Gasteiger partial charge in [-0.2, -0.15) is 5.26 Å². The van der Waals surface area contributed by atoms with Crippen LogP contribution in [-0.4, -0.2) is 0 Å². The number of hydrogen-bond acceptors (Lipinski definition) is 2. The Hall–Kier alpha value is -1.23. The van der Waals surface area contributed by atoms with Crippen LogP contribution in [0.25, 0.3) is 0 Å². The van der Waals surface area contributed by atoms with Gasteiger partial charge in [-0.15, -0.1) is 0 Å². The molecule has 0 aliphatic heterocycles. The molecular formula is C16H19NO. The monoisotopic (exact) mass is 241 g/mol. The van der Waals surface area contributed by atoms with Crippen LogP contribution in [0.3, 0.4) is 0 Å². The highest BCUT2D eigenvalue weighted by atomic mass is 16.3. The summed E-state index contributed by atoms with van der Waals surface area (Å²) >= 11 is 0. The molecular weight excluding hydrogens is 222 g/mol. The molecule has 0 atom stereocenters. The third-order valence-electron chi connectivity index (χ3n) is 5.63. The molecule has 4 saturated carbocycles. The molecule has 4 fully saturated rings. The molecule has 0 aromatic carbocycles. The summed E-state index contributed by atoms with van der Waals surface area (Å²) in [6.07, 6.45) is 8.43. The topological polar surface area (TPSA) is 36.9 Å². The Bertz CT molecular complexity index is 467. The summed E-state index contributed by atoms with van der Waals surface area (Å²) in [5.41, 5.74) is 0. The number of nitriles is 1. The van der Waals surface area contributed by atoms with Gasteiger partial charge in [0.05, 0.1) is 0 Å². The fourth-order valence-corrected chi connectivity index (χ4v) is 5.15. The van der Waals surface area contributed by atoms with Crippen molar-refractivity contribution < 1.29 is 4.42 Å². The Morgan fingerprint density at radius 1 is 1.06 bits per heavy atom. The minimum Gasteiger partial charge on any atom is -0.451 e. The lowest BCUT2D eigenvalue weighted by Gasteiger charge is -2.54. The second-order valence-corrected chi connectivity index (χ2v) is 6.68. The van der Waals surface area contributed by atoms with Crippen molar-refractivity contribution in [2.45, 2.75) is 38.5 Å². The van der Waals surface area contributed by atoms with Gasteiger partial charge in [-0.3, -0.25) is 0 Å². The molecule has 18 heavy (non-hydrogen) atoms. The minimum atomic E-state index is 0.466. The van der Waals surface area contributed by atoms with Gasteiger partial charge in [-0.25, -0.2) is 0 Å². The largest absolute Gasteiger partial charge is 0.451 e. The molecule has 0 unspecified atom stereocenters. The molecule has 0 spiro atoms. The van der Waals surface area contributed by atoms with Crippen LogP contribution in [0, 0.1) is 40.9 Å². The van der Waals surface area contributed by atoms with Gasteiger partial charge in [0.1, 0.15) is 11.8 Å². The summed E-state index contributed by atoms with van der Waals surface area (Å²) in [5, 5.41) is 8.81. The van der Waals surface area contributed by atoms with E-state index in [0.29, 0.717) is 5.76 Å². The molecule has 4 aliphatic carbocycles. The number of rotatable bonds is 2. The summed E-state index contributed by atoms with van der Waals surface area (Å²) in [7, 11) is 0. The van der Waals surface area contributed by atoms with Crippen LogP contribution in [-0.2, 0) is 6.42 Å². The van der Waals surface area contributed by atoms with Crippen LogP contribution in [0.5, 0.6) is 0 Å². The Labute approximate surface area is 108 Å². The first kappa shape index (κ1) is 10.7. The maximum absolute atomic E-state index is 8.81. The molecule has 2 heteroatoms. The van der Waals surface area contributed by atoms with E-state index in [4.69, 9.17) is 9.68 Å². The molecule has 0 amide bonds. The molecule has 1 heterocycles. The van der Waals surface area contributed by atoms with Crippen LogP contribution < -0.4 is 0 Å². The lowest BCUT2D eigenvalue weighted by Crippen LogP contribution is -2.45. The SMILES string of the molecule is N#Cc1ccc(CC2C3CC4CC(C3)CC2C4)o1. The van der Waals surface area contributed by atoms with Crippen LogP contribution in [0.2, 0.25) is 0 Å². The highest BCUT2D eigenvalue weighted by molar-refractivity contribution is 5.19. The van der Waals surface area contributed by atoms with Gasteiger partial charge in [-0.05, 0) is 73.8 Å². The van der Waals surface area contributed by atoms with Gasteiger partial charge in [0.2, 0.25) is 5.76 Å². The van der Waals surface area contributed by atoms with Gasteiger partial charge < -0.3 is 4.42 Å². The molecule has 1 aromatic rings. The second kappa shape index (κ2) is 3.88. The third-order valence-corrected chi connectivity index (χ3v) is 5.63. The second-order valence-electron chi connectivity index (χ2n) is 6.68. The van der Waals surface area contributed by atoms with Crippen molar-refractivity contribution in [3.63, 3.8) is 0 Å². The smallest absolute Gasteiger partial charge is 0.203 e. The standard InChI is InChI=1S/C16H19NO/c17-9-15-2-1-14(18-15)8-16-12-4-10-3-11(6-12)7-13(16)5-10/h1-2,10-13,16H,3-8H2. The van der Waals surface area contributed by atoms with Gasteiger partial charge in [-0.1, -0.05) is 0 Å². The first-order chi connectivity index (χ1) is 8.81. The summed E-state index contributed by atoms with van der Waals surface area (Å²) in [6, 6.07) is 5.90. The quantitative estimate of drug-likeness (QED) is 0.790. The Kier molecular flexibility index (Phi) is 2.30. The fraction of sp³-hybridized carbons (Fsp3) is 0.688. The Morgan fingerprint density at radius 3 is 2.28 bits per heavy atom. The van der Waals surface area contributed by atoms with E-state index in [-0.39, 0.29) is 0 Å². The van der Waals surface area contributed by atoms with Crippen molar-refractivity contribution in [2.24, 2.45) is 29.6 Å². The van der Waals surface area contributed by atoms with Gasteiger partial charge in [0.25, 0.3) is 0 Å². The van der Waals surface area contributed by atoms with E-state index >= 15 is 0 Å².